The Morgan fingerprint density at radius 2 is 2.23 bits per heavy atom. The van der Waals surface area contributed by atoms with Crippen LogP contribution in [-0.4, -0.2) is 16.6 Å². The fourth-order valence-corrected chi connectivity index (χ4v) is 1.10. The summed E-state index contributed by atoms with van der Waals surface area (Å²) in [5, 5.41) is 9.32. The van der Waals surface area contributed by atoms with Crippen molar-refractivity contribution in [3.63, 3.8) is 0 Å². The van der Waals surface area contributed by atoms with E-state index in [2.05, 4.69) is 4.98 Å². The van der Waals surface area contributed by atoms with E-state index in [1.54, 1.807) is 12.1 Å². The van der Waals surface area contributed by atoms with Crippen molar-refractivity contribution >= 4 is 11.6 Å². The summed E-state index contributed by atoms with van der Waals surface area (Å²) in [6.45, 7) is 0.128. The summed E-state index contributed by atoms with van der Waals surface area (Å²) in [5.74, 6) is 0. The van der Waals surface area contributed by atoms with E-state index in [-0.39, 0.29) is 12.6 Å². The number of hydrogen-bond acceptors (Lipinski definition) is 4. The number of aliphatic hydroxyl groups is 1. The van der Waals surface area contributed by atoms with E-state index in [0.717, 1.165) is 0 Å². The second-order valence-corrected chi connectivity index (χ2v) is 3.07. The zero-order chi connectivity index (χ0) is 9.84. The highest BCUT2D eigenvalue weighted by Crippen LogP contribution is 2.16. The van der Waals surface area contributed by atoms with Crippen molar-refractivity contribution in [3.8, 4) is 0 Å². The van der Waals surface area contributed by atoms with Gasteiger partial charge in [-0.25, -0.2) is 0 Å². The van der Waals surface area contributed by atoms with Crippen LogP contribution in [0.5, 0.6) is 0 Å². The summed E-state index contributed by atoms with van der Waals surface area (Å²) in [5.41, 5.74) is 12.1. The molecule has 0 radical (unpaired) electrons. The monoisotopic (exact) mass is 201 g/mol. The van der Waals surface area contributed by atoms with E-state index in [9.17, 15) is 0 Å². The third-order valence-corrected chi connectivity index (χ3v) is 2.07. The first-order valence-corrected chi connectivity index (χ1v) is 4.28. The minimum atomic E-state index is -0.303. The normalized spacial score (nSPS) is 12.9. The maximum absolute atomic E-state index is 8.88. The summed E-state index contributed by atoms with van der Waals surface area (Å²) >= 11 is 5.75. The summed E-state index contributed by atoms with van der Waals surface area (Å²) in [4.78, 5) is 4.07. The van der Waals surface area contributed by atoms with Gasteiger partial charge in [0.05, 0.1) is 29.1 Å². The Balaban J connectivity index is 2.99. The highest BCUT2D eigenvalue weighted by atomic mass is 35.5. The van der Waals surface area contributed by atoms with Gasteiger partial charge in [0.15, 0.2) is 0 Å². The van der Waals surface area contributed by atoms with E-state index in [1.807, 2.05) is 0 Å². The van der Waals surface area contributed by atoms with Gasteiger partial charge in [0.1, 0.15) is 0 Å². The first-order chi connectivity index (χ1) is 6.19. The molecule has 1 rings (SSSR count). The van der Waals surface area contributed by atoms with Gasteiger partial charge in [-0.2, -0.15) is 0 Å². The molecular weight excluding hydrogens is 190 g/mol. The lowest BCUT2D eigenvalue weighted by atomic mass is 10.2. The minimum Gasteiger partial charge on any atom is -0.390 e. The molecule has 72 valence electrons. The highest BCUT2D eigenvalue weighted by Gasteiger charge is 2.08. The lowest BCUT2D eigenvalue weighted by molar-refractivity contribution is 0.276. The first-order valence-electron chi connectivity index (χ1n) is 3.91. The van der Waals surface area contributed by atoms with Crippen molar-refractivity contribution < 1.29 is 5.11 Å². The topological polar surface area (TPSA) is 85.2 Å². The van der Waals surface area contributed by atoms with Crippen LogP contribution in [0.3, 0.4) is 0 Å². The number of aliphatic hydroxyl groups excluding tert-OH is 1. The highest BCUT2D eigenvalue weighted by molar-refractivity contribution is 6.31. The maximum atomic E-state index is 8.88. The van der Waals surface area contributed by atoms with Gasteiger partial charge < -0.3 is 16.6 Å². The van der Waals surface area contributed by atoms with E-state index in [0.29, 0.717) is 23.0 Å². The Morgan fingerprint density at radius 1 is 1.54 bits per heavy atom. The van der Waals surface area contributed by atoms with Crippen LogP contribution in [0.1, 0.15) is 17.4 Å². The summed E-state index contributed by atoms with van der Waals surface area (Å²) in [7, 11) is 0. The first kappa shape index (κ1) is 10.4. The van der Waals surface area contributed by atoms with Gasteiger partial charge in [-0.15, -0.1) is 0 Å². The lowest BCUT2D eigenvalue weighted by Gasteiger charge is -2.09. The summed E-state index contributed by atoms with van der Waals surface area (Å²) in [6, 6.07) is 3.06. The molecule has 0 bridgehead atoms. The second kappa shape index (κ2) is 4.53. The van der Waals surface area contributed by atoms with E-state index < -0.39 is 0 Å². The average molecular weight is 202 g/mol. The number of hydrogen-bond donors (Lipinski definition) is 3. The van der Waals surface area contributed by atoms with E-state index in [4.69, 9.17) is 28.2 Å². The zero-order valence-corrected chi connectivity index (χ0v) is 7.83. The molecular formula is C8H12ClN3O. The van der Waals surface area contributed by atoms with Crippen LogP contribution in [0.2, 0.25) is 5.02 Å². The molecule has 13 heavy (non-hydrogen) atoms. The lowest BCUT2D eigenvalue weighted by Crippen LogP contribution is -2.22. The smallest absolute Gasteiger partial charge is 0.0868 e. The number of pyridine rings is 1. The molecule has 1 aromatic rings. The molecule has 0 spiro atoms. The molecule has 5 heteroatoms. The third-order valence-electron chi connectivity index (χ3n) is 1.72. The molecule has 1 unspecified atom stereocenters. The van der Waals surface area contributed by atoms with Gasteiger partial charge >= 0.3 is 0 Å². The number of nitrogens with two attached hydrogens (primary N) is 2. The summed E-state index contributed by atoms with van der Waals surface area (Å²) < 4.78 is 0. The van der Waals surface area contributed by atoms with Crippen molar-refractivity contribution in [1.29, 1.82) is 0 Å². The largest absolute Gasteiger partial charge is 0.390 e. The van der Waals surface area contributed by atoms with Crippen LogP contribution >= 0.6 is 11.6 Å². The van der Waals surface area contributed by atoms with Crippen LogP contribution in [0.15, 0.2) is 12.1 Å². The molecule has 0 aliphatic carbocycles. The van der Waals surface area contributed by atoms with Crippen molar-refractivity contribution in [2.45, 2.75) is 12.6 Å². The van der Waals surface area contributed by atoms with Crippen LogP contribution in [0.25, 0.3) is 0 Å². The van der Waals surface area contributed by atoms with Crippen LogP contribution in [0, 0.1) is 0 Å². The van der Waals surface area contributed by atoms with Gasteiger partial charge in [0.25, 0.3) is 0 Å². The number of nitrogens with zero attached hydrogens (tertiary/aromatic N) is 1. The standard InChI is InChI=1S/C8H12ClN3O/c9-5-1-2-7(6(11)3-10)12-8(5)4-13/h1-2,6,13H,3-4,10-11H2. The second-order valence-electron chi connectivity index (χ2n) is 2.66. The molecule has 0 fully saturated rings. The van der Waals surface area contributed by atoms with Crippen LogP contribution < -0.4 is 11.5 Å². The molecule has 0 saturated heterocycles. The number of halogens is 1. The van der Waals surface area contributed by atoms with E-state index in [1.165, 1.54) is 0 Å². The van der Waals surface area contributed by atoms with Crippen molar-refractivity contribution in [2.75, 3.05) is 6.54 Å². The summed E-state index contributed by atoms with van der Waals surface area (Å²) in [6.07, 6.45) is 0. The van der Waals surface area contributed by atoms with Gasteiger partial charge in [0, 0.05) is 6.54 Å². The fraction of sp³-hybridized carbons (Fsp3) is 0.375. The molecule has 0 amide bonds. The Kier molecular flexibility index (Phi) is 3.62. The van der Waals surface area contributed by atoms with E-state index >= 15 is 0 Å². The van der Waals surface area contributed by atoms with Gasteiger partial charge in [0.2, 0.25) is 0 Å². The Labute approximate surface area is 81.5 Å². The maximum Gasteiger partial charge on any atom is 0.0868 e. The van der Waals surface area contributed by atoms with Gasteiger partial charge in [-0.1, -0.05) is 11.6 Å². The number of rotatable bonds is 3. The molecule has 0 aromatic carbocycles. The van der Waals surface area contributed by atoms with Crippen molar-refractivity contribution in [1.82, 2.24) is 4.98 Å². The van der Waals surface area contributed by atoms with Gasteiger partial charge in [-0.05, 0) is 12.1 Å². The predicted octanol–water partition coefficient (Wildman–Crippen LogP) is 0.186. The Bertz CT molecular complexity index is 293. The molecule has 1 aromatic heterocycles. The average Bonchev–Trinajstić information content (AvgIpc) is 2.17. The minimum absolute atomic E-state index is 0.191. The third kappa shape index (κ3) is 2.38. The SMILES string of the molecule is NCC(N)c1ccc(Cl)c(CO)n1. The Hall–Kier alpha value is -0.680. The molecule has 1 heterocycles. The van der Waals surface area contributed by atoms with Crippen LogP contribution in [-0.2, 0) is 6.61 Å². The number of aromatic nitrogens is 1. The van der Waals surface area contributed by atoms with Crippen LogP contribution in [0.4, 0.5) is 0 Å². The van der Waals surface area contributed by atoms with Gasteiger partial charge in [-0.3, -0.25) is 4.98 Å². The predicted molar refractivity (Wildman–Crippen MR) is 51.2 cm³/mol. The molecule has 4 nitrogen and oxygen atoms in total. The zero-order valence-electron chi connectivity index (χ0n) is 7.07. The van der Waals surface area contributed by atoms with Crippen molar-refractivity contribution in [2.24, 2.45) is 11.5 Å². The molecule has 1 atom stereocenters. The molecule has 0 aliphatic rings. The van der Waals surface area contributed by atoms with Crippen molar-refractivity contribution in [3.05, 3.63) is 28.5 Å². The molecule has 0 saturated carbocycles. The Morgan fingerprint density at radius 3 is 2.77 bits per heavy atom. The quantitative estimate of drug-likeness (QED) is 0.652. The molecule has 5 N–H and O–H groups in total. The molecule has 0 aliphatic heterocycles. The fourth-order valence-electron chi connectivity index (χ4n) is 0.939.